The zero-order valence-electron chi connectivity index (χ0n) is 12.8. The summed E-state index contributed by atoms with van der Waals surface area (Å²) in [5.74, 6) is -0.537. The van der Waals surface area contributed by atoms with Gasteiger partial charge in [-0.05, 0) is 18.2 Å². The van der Waals surface area contributed by atoms with Crippen LogP contribution in [-0.2, 0) is 16.2 Å². The highest BCUT2D eigenvalue weighted by atomic mass is 35.5. The summed E-state index contributed by atoms with van der Waals surface area (Å²) in [5.41, 5.74) is -0.872. The first-order chi connectivity index (χ1) is 12.1. The number of pyridine rings is 1. The van der Waals surface area contributed by atoms with Gasteiger partial charge in [-0.1, -0.05) is 23.7 Å². The van der Waals surface area contributed by atoms with Gasteiger partial charge in [0.2, 0.25) is 0 Å². The number of rotatable bonds is 4. The van der Waals surface area contributed by atoms with Gasteiger partial charge in [-0.25, -0.2) is 17.7 Å². The van der Waals surface area contributed by atoms with Crippen molar-refractivity contribution in [3.63, 3.8) is 0 Å². The smallest absolute Gasteiger partial charge is 0.268 e. The molecule has 1 aliphatic heterocycles. The van der Waals surface area contributed by atoms with Gasteiger partial charge >= 0.3 is 6.18 Å². The maximum Gasteiger partial charge on any atom is 0.417 e. The normalized spacial score (nSPS) is 16.0. The SMILES string of the molecule is O=C1c2ccccc2S(=O)(=O)N1CCSc1ncc(C(F)(F)F)cc1Cl. The molecule has 0 saturated heterocycles. The predicted molar refractivity (Wildman–Crippen MR) is 89.6 cm³/mol. The summed E-state index contributed by atoms with van der Waals surface area (Å²) in [7, 11) is -3.92. The maximum absolute atomic E-state index is 12.6. The van der Waals surface area contributed by atoms with Crippen molar-refractivity contribution < 1.29 is 26.4 Å². The molecule has 26 heavy (non-hydrogen) atoms. The molecule has 0 unspecified atom stereocenters. The van der Waals surface area contributed by atoms with Crippen molar-refractivity contribution in [1.82, 2.24) is 9.29 Å². The molecule has 0 N–H and O–H groups in total. The van der Waals surface area contributed by atoms with E-state index < -0.39 is 27.7 Å². The third-order valence-corrected chi connectivity index (χ3v) is 6.81. The molecule has 2 heterocycles. The molecule has 2 aromatic rings. The van der Waals surface area contributed by atoms with Gasteiger partial charge in [0, 0.05) is 18.5 Å². The Kier molecular flexibility index (Phi) is 4.93. The second kappa shape index (κ2) is 6.75. The van der Waals surface area contributed by atoms with Crippen molar-refractivity contribution in [2.45, 2.75) is 16.1 Å². The zero-order valence-corrected chi connectivity index (χ0v) is 15.2. The highest BCUT2D eigenvalue weighted by molar-refractivity contribution is 7.99. The molecule has 0 spiro atoms. The fourth-order valence-corrected chi connectivity index (χ4v) is 5.17. The van der Waals surface area contributed by atoms with Gasteiger partial charge < -0.3 is 0 Å². The number of fused-ring (bicyclic) bond motifs is 1. The predicted octanol–water partition coefficient (Wildman–Crippen LogP) is 3.69. The van der Waals surface area contributed by atoms with Crippen LogP contribution in [0.15, 0.2) is 46.5 Å². The molecule has 0 fully saturated rings. The Morgan fingerprint density at radius 2 is 1.92 bits per heavy atom. The number of aromatic nitrogens is 1. The summed E-state index contributed by atoms with van der Waals surface area (Å²) in [6, 6.07) is 6.62. The largest absolute Gasteiger partial charge is 0.417 e. The van der Waals surface area contributed by atoms with Crippen molar-refractivity contribution in [2.24, 2.45) is 0 Å². The molecule has 11 heteroatoms. The molecule has 0 atom stereocenters. The van der Waals surface area contributed by atoms with Gasteiger partial charge in [0.1, 0.15) is 9.92 Å². The number of thioether (sulfide) groups is 1. The first kappa shape index (κ1) is 19.0. The molecule has 0 aliphatic carbocycles. The lowest BCUT2D eigenvalue weighted by molar-refractivity contribution is -0.137. The van der Waals surface area contributed by atoms with Crippen LogP contribution in [-0.4, -0.2) is 35.9 Å². The van der Waals surface area contributed by atoms with Crippen molar-refractivity contribution in [1.29, 1.82) is 0 Å². The number of amides is 1. The van der Waals surface area contributed by atoms with Crippen molar-refractivity contribution >= 4 is 39.3 Å². The summed E-state index contributed by atoms with van der Waals surface area (Å²) in [4.78, 5) is 15.9. The fourth-order valence-electron chi connectivity index (χ4n) is 2.36. The van der Waals surface area contributed by atoms with Crippen LogP contribution in [0.25, 0.3) is 0 Å². The lowest BCUT2D eigenvalue weighted by atomic mass is 10.2. The number of benzene rings is 1. The van der Waals surface area contributed by atoms with Crippen LogP contribution in [0, 0.1) is 0 Å². The van der Waals surface area contributed by atoms with Crippen LogP contribution in [0.2, 0.25) is 5.02 Å². The Morgan fingerprint density at radius 1 is 1.23 bits per heavy atom. The van der Waals surface area contributed by atoms with E-state index in [-0.39, 0.29) is 32.8 Å². The Labute approximate surface area is 156 Å². The number of carbonyl (C=O) groups excluding carboxylic acids is 1. The third-order valence-electron chi connectivity index (χ3n) is 3.58. The Morgan fingerprint density at radius 3 is 2.54 bits per heavy atom. The minimum atomic E-state index is -4.55. The minimum Gasteiger partial charge on any atom is -0.268 e. The second-order valence-electron chi connectivity index (χ2n) is 5.24. The maximum atomic E-state index is 12.6. The molecule has 5 nitrogen and oxygen atoms in total. The molecule has 3 rings (SSSR count). The highest BCUT2D eigenvalue weighted by Crippen LogP contribution is 2.34. The lowest BCUT2D eigenvalue weighted by Gasteiger charge is -2.15. The number of hydrogen-bond donors (Lipinski definition) is 0. The molecule has 138 valence electrons. The first-order valence-corrected chi connectivity index (χ1v) is 9.94. The molecule has 0 saturated carbocycles. The van der Waals surface area contributed by atoms with Crippen molar-refractivity contribution in [3.05, 3.63) is 52.7 Å². The van der Waals surface area contributed by atoms with Crippen LogP contribution in [0.1, 0.15) is 15.9 Å². The van der Waals surface area contributed by atoms with E-state index in [0.29, 0.717) is 6.20 Å². The summed E-state index contributed by atoms with van der Waals surface area (Å²) >= 11 is 6.77. The summed E-state index contributed by atoms with van der Waals surface area (Å²) < 4.78 is 63.3. The Bertz CT molecular complexity index is 980. The summed E-state index contributed by atoms with van der Waals surface area (Å²) in [5, 5.41) is -0.0649. The van der Waals surface area contributed by atoms with Crippen molar-refractivity contribution in [3.8, 4) is 0 Å². The quantitative estimate of drug-likeness (QED) is 0.703. The van der Waals surface area contributed by atoms with E-state index in [1.807, 2.05) is 0 Å². The van der Waals surface area contributed by atoms with Gasteiger partial charge in [-0.2, -0.15) is 13.2 Å². The van der Waals surface area contributed by atoms with E-state index in [9.17, 15) is 26.4 Å². The van der Waals surface area contributed by atoms with Gasteiger partial charge in [0.15, 0.2) is 0 Å². The number of sulfonamides is 1. The second-order valence-corrected chi connectivity index (χ2v) is 8.56. The minimum absolute atomic E-state index is 0.0549. The Hall–Kier alpha value is -1.78. The van der Waals surface area contributed by atoms with E-state index in [1.54, 1.807) is 6.07 Å². The molecule has 1 aliphatic rings. The van der Waals surface area contributed by atoms with E-state index in [4.69, 9.17) is 11.6 Å². The standard InChI is InChI=1S/C15H10ClF3N2O3S2/c16-11-7-9(15(17,18)19)8-20-13(11)25-6-5-21-14(22)10-3-1-2-4-12(10)26(21,23)24/h1-4,7-8H,5-6H2. The molecule has 0 bridgehead atoms. The van der Waals surface area contributed by atoms with Gasteiger partial charge in [0.05, 0.1) is 16.1 Å². The molecule has 1 aromatic carbocycles. The topological polar surface area (TPSA) is 67.3 Å². The first-order valence-electron chi connectivity index (χ1n) is 7.14. The monoisotopic (exact) mass is 422 g/mol. The molecule has 1 aromatic heterocycles. The number of nitrogens with zero attached hydrogens (tertiary/aromatic N) is 2. The number of alkyl halides is 3. The molecule has 1 amide bonds. The third kappa shape index (κ3) is 3.40. The van der Waals surface area contributed by atoms with Gasteiger partial charge in [0.25, 0.3) is 15.9 Å². The summed E-state index contributed by atoms with van der Waals surface area (Å²) in [6.45, 7) is -0.153. The number of carbonyl (C=O) groups is 1. The lowest BCUT2D eigenvalue weighted by Crippen LogP contribution is -2.32. The number of halogens is 4. The van der Waals surface area contributed by atoms with Gasteiger partial charge in [-0.3, -0.25) is 4.79 Å². The van der Waals surface area contributed by atoms with Crippen LogP contribution in [0.5, 0.6) is 0 Å². The fraction of sp³-hybridized carbons (Fsp3) is 0.200. The average Bonchev–Trinajstić information content (AvgIpc) is 2.76. The van der Waals surface area contributed by atoms with E-state index in [2.05, 4.69) is 4.98 Å². The van der Waals surface area contributed by atoms with E-state index in [0.717, 1.165) is 22.1 Å². The van der Waals surface area contributed by atoms with Crippen LogP contribution < -0.4 is 0 Å². The van der Waals surface area contributed by atoms with Crippen LogP contribution >= 0.6 is 23.4 Å². The molecular weight excluding hydrogens is 413 g/mol. The average molecular weight is 423 g/mol. The zero-order chi connectivity index (χ0) is 19.1. The van der Waals surface area contributed by atoms with E-state index in [1.165, 1.54) is 18.2 Å². The highest BCUT2D eigenvalue weighted by Gasteiger charge is 2.40. The number of hydrogen-bond acceptors (Lipinski definition) is 5. The Balaban J connectivity index is 1.71. The van der Waals surface area contributed by atoms with Crippen LogP contribution in [0.3, 0.4) is 0 Å². The summed E-state index contributed by atoms with van der Waals surface area (Å²) in [6.07, 6.45) is -3.90. The van der Waals surface area contributed by atoms with Crippen molar-refractivity contribution in [2.75, 3.05) is 12.3 Å². The van der Waals surface area contributed by atoms with Gasteiger partial charge in [-0.15, -0.1) is 11.8 Å². The van der Waals surface area contributed by atoms with E-state index >= 15 is 0 Å². The molecule has 0 radical (unpaired) electrons. The van der Waals surface area contributed by atoms with Crippen LogP contribution in [0.4, 0.5) is 13.2 Å². The molecular formula is C15H10ClF3N2O3S2.